The highest BCUT2D eigenvalue weighted by atomic mass is 32.2. The van der Waals surface area contributed by atoms with Crippen molar-refractivity contribution in [1.29, 1.82) is 5.26 Å². The number of nitrogens with zero attached hydrogens (tertiary/aromatic N) is 7. The van der Waals surface area contributed by atoms with Gasteiger partial charge in [-0.15, -0.1) is 10.2 Å². The van der Waals surface area contributed by atoms with E-state index in [-0.39, 0.29) is 4.90 Å². The number of anilines is 2. The Labute approximate surface area is 177 Å². The molecule has 0 spiro atoms. The first-order valence-corrected chi connectivity index (χ1v) is 11.4. The number of rotatable bonds is 4. The molecule has 2 aromatic rings. The average molecular weight is 428 g/mol. The first-order valence-electron chi connectivity index (χ1n) is 10.00. The summed E-state index contributed by atoms with van der Waals surface area (Å²) in [5.74, 6) is 1.65. The third kappa shape index (κ3) is 4.23. The fourth-order valence-corrected chi connectivity index (χ4v) is 5.12. The highest BCUT2D eigenvalue weighted by molar-refractivity contribution is 7.89. The molecule has 0 atom stereocenters. The molecule has 0 aliphatic carbocycles. The maximum Gasteiger partial charge on any atom is 0.243 e. The summed E-state index contributed by atoms with van der Waals surface area (Å²) in [6.07, 6.45) is 0. The van der Waals surface area contributed by atoms with Gasteiger partial charge in [-0.25, -0.2) is 8.42 Å². The number of benzene rings is 1. The van der Waals surface area contributed by atoms with Crippen LogP contribution in [0.1, 0.15) is 5.56 Å². The molecule has 10 heteroatoms. The molecule has 1 aromatic heterocycles. The molecular weight excluding hydrogens is 402 g/mol. The predicted octanol–water partition coefficient (Wildman–Crippen LogP) is 0.611. The van der Waals surface area contributed by atoms with Crippen molar-refractivity contribution >= 4 is 21.7 Å². The second-order valence-electron chi connectivity index (χ2n) is 7.57. The van der Waals surface area contributed by atoms with Crippen molar-refractivity contribution in [2.45, 2.75) is 4.90 Å². The van der Waals surface area contributed by atoms with Crippen molar-refractivity contribution in [1.82, 2.24) is 19.4 Å². The van der Waals surface area contributed by atoms with Crippen molar-refractivity contribution in [3.05, 3.63) is 42.0 Å². The molecule has 0 saturated carbocycles. The molecule has 1 aromatic carbocycles. The summed E-state index contributed by atoms with van der Waals surface area (Å²) in [6.45, 7) is 5.77. The SMILES string of the molecule is CN1CCN(c2ccc(N3CCN(S(=O)(=O)c4ccc(C#N)cc4)CC3)nn2)CC1. The molecule has 3 heterocycles. The van der Waals surface area contributed by atoms with Crippen molar-refractivity contribution < 1.29 is 8.42 Å². The summed E-state index contributed by atoms with van der Waals surface area (Å²) in [5, 5.41) is 17.7. The molecule has 0 bridgehead atoms. The van der Waals surface area contributed by atoms with Gasteiger partial charge in [0.05, 0.1) is 16.5 Å². The Morgan fingerprint density at radius 3 is 1.77 bits per heavy atom. The van der Waals surface area contributed by atoms with Crippen molar-refractivity contribution in [2.75, 3.05) is 69.2 Å². The number of sulfonamides is 1. The lowest BCUT2D eigenvalue weighted by molar-refractivity contribution is 0.312. The second kappa shape index (κ2) is 8.55. The van der Waals surface area contributed by atoms with Gasteiger partial charge in [0.2, 0.25) is 10.0 Å². The Morgan fingerprint density at radius 1 is 0.800 bits per heavy atom. The molecule has 4 rings (SSSR count). The summed E-state index contributed by atoms with van der Waals surface area (Å²) >= 11 is 0. The molecule has 2 aliphatic heterocycles. The Balaban J connectivity index is 1.37. The normalized spacial score (nSPS) is 18.9. The van der Waals surface area contributed by atoms with Crippen LogP contribution in [0.3, 0.4) is 0 Å². The lowest BCUT2D eigenvalue weighted by Crippen LogP contribution is -2.49. The molecule has 2 aliphatic rings. The summed E-state index contributed by atoms with van der Waals surface area (Å²) in [6, 6.07) is 12.0. The van der Waals surface area contributed by atoms with E-state index in [1.807, 2.05) is 18.2 Å². The largest absolute Gasteiger partial charge is 0.353 e. The lowest BCUT2D eigenvalue weighted by atomic mass is 10.2. The minimum Gasteiger partial charge on any atom is -0.353 e. The van der Waals surface area contributed by atoms with Gasteiger partial charge in [-0.2, -0.15) is 9.57 Å². The highest BCUT2D eigenvalue weighted by Crippen LogP contribution is 2.21. The third-order valence-corrected chi connectivity index (χ3v) is 7.56. The van der Waals surface area contributed by atoms with Crippen LogP contribution in [0, 0.1) is 11.3 Å². The first-order chi connectivity index (χ1) is 14.5. The number of nitriles is 1. The van der Waals surface area contributed by atoms with Gasteiger partial charge in [-0.1, -0.05) is 0 Å². The van der Waals surface area contributed by atoms with Crippen molar-refractivity contribution in [3.63, 3.8) is 0 Å². The van der Waals surface area contributed by atoms with E-state index in [1.54, 1.807) is 0 Å². The zero-order valence-corrected chi connectivity index (χ0v) is 17.8. The van der Waals surface area contributed by atoms with Crippen LogP contribution in [0.15, 0.2) is 41.3 Å². The Kier molecular flexibility index (Phi) is 5.85. The monoisotopic (exact) mass is 427 g/mol. The van der Waals surface area contributed by atoms with Crippen LogP contribution in [-0.4, -0.2) is 87.2 Å². The van der Waals surface area contributed by atoms with Crippen molar-refractivity contribution in [3.8, 4) is 6.07 Å². The Hall–Kier alpha value is -2.74. The van der Waals surface area contributed by atoms with E-state index in [9.17, 15) is 8.42 Å². The van der Waals surface area contributed by atoms with Gasteiger partial charge in [0, 0.05) is 52.4 Å². The number of likely N-dealkylation sites (N-methyl/N-ethyl adjacent to an activating group) is 1. The maximum atomic E-state index is 12.9. The van der Waals surface area contributed by atoms with Gasteiger partial charge >= 0.3 is 0 Å². The maximum absolute atomic E-state index is 12.9. The highest BCUT2D eigenvalue weighted by Gasteiger charge is 2.29. The van der Waals surface area contributed by atoms with Gasteiger partial charge in [-0.05, 0) is 43.4 Å². The smallest absolute Gasteiger partial charge is 0.243 e. The van der Waals surface area contributed by atoms with E-state index in [2.05, 4.69) is 31.9 Å². The van der Waals surface area contributed by atoms with E-state index in [0.717, 1.165) is 37.8 Å². The summed E-state index contributed by atoms with van der Waals surface area (Å²) < 4.78 is 27.2. The minimum atomic E-state index is -3.57. The molecule has 158 valence electrons. The van der Waals surface area contributed by atoms with Crippen LogP contribution in [0.2, 0.25) is 0 Å². The molecule has 0 amide bonds. The fourth-order valence-electron chi connectivity index (χ4n) is 3.70. The number of hydrogen-bond acceptors (Lipinski definition) is 8. The minimum absolute atomic E-state index is 0.214. The zero-order valence-electron chi connectivity index (χ0n) is 17.0. The topological polar surface area (TPSA) is 96.7 Å². The molecule has 0 radical (unpaired) electrons. The van der Waals surface area contributed by atoms with Crippen LogP contribution >= 0.6 is 0 Å². The predicted molar refractivity (Wildman–Crippen MR) is 114 cm³/mol. The van der Waals surface area contributed by atoms with Crippen LogP contribution in [-0.2, 0) is 10.0 Å². The van der Waals surface area contributed by atoms with E-state index in [4.69, 9.17) is 5.26 Å². The van der Waals surface area contributed by atoms with E-state index in [0.29, 0.717) is 31.7 Å². The first kappa shape index (κ1) is 20.5. The number of piperazine rings is 2. The molecule has 2 saturated heterocycles. The molecular formula is C20H25N7O2S. The summed E-state index contributed by atoms with van der Waals surface area (Å²) in [5.41, 5.74) is 0.442. The Morgan fingerprint density at radius 2 is 1.30 bits per heavy atom. The zero-order chi connectivity index (χ0) is 21.1. The van der Waals surface area contributed by atoms with Crippen LogP contribution in [0.25, 0.3) is 0 Å². The molecule has 0 unspecified atom stereocenters. The van der Waals surface area contributed by atoms with E-state index >= 15 is 0 Å². The molecule has 2 fully saturated rings. The van der Waals surface area contributed by atoms with Crippen LogP contribution in [0.4, 0.5) is 11.6 Å². The van der Waals surface area contributed by atoms with Gasteiger partial charge in [0.15, 0.2) is 11.6 Å². The summed E-state index contributed by atoms with van der Waals surface area (Å²) in [7, 11) is -1.45. The fraction of sp³-hybridized carbons (Fsp3) is 0.450. The quantitative estimate of drug-likeness (QED) is 0.700. The van der Waals surface area contributed by atoms with Crippen molar-refractivity contribution in [2.24, 2.45) is 0 Å². The second-order valence-corrected chi connectivity index (χ2v) is 9.51. The summed E-state index contributed by atoms with van der Waals surface area (Å²) in [4.78, 5) is 6.81. The van der Waals surface area contributed by atoms with E-state index < -0.39 is 10.0 Å². The molecule has 9 nitrogen and oxygen atoms in total. The number of hydrogen-bond donors (Lipinski definition) is 0. The van der Waals surface area contributed by atoms with Gasteiger partial charge in [-0.3, -0.25) is 0 Å². The Bertz CT molecular complexity index is 1000. The van der Waals surface area contributed by atoms with Crippen LogP contribution in [0.5, 0.6) is 0 Å². The average Bonchev–Trinajstić information content (AvgIpc) is 2.80. The van der Waals surface area contributed by atoms with Crippen LogP contribution < -0.4 is 9.80 Å². The molecule has 0 N–H and O–H groups in total. The molecule has 30 heavy (non-hydrogen) atoms. The third-order valence-electron chi connectivity index (χ3n) is 5.65. The van der Waals surface area contributed by atoms with Gasteiger partial charge < -0.3 is 14.7 Å². The van der Waals surface area contributed by atoms with Gasteiger partial charge in [0.1, 0.15) is 0 Å². The van der Waals surface area contributed by atoms with E-state index in [1.165, 1.54) is 28.6 Å². The number of aromatic nitrogens is 2. The standard InChI is InChI=1S/C20H25N7O2S/c1-24-8-10-25(11-9-24)19-6-7-20(23-22-19)26-12-14-27(15-13-26)30(28,29)18-4-2-17(16-21)3-5-18/h2-7H,8-15H2,1H3. The lowest BCUT2D eigenvalue weighted by Gasteiger charge is -2.35. The van der Waals surface area contributed by atoms with Gasteiger partial charge in [0.25, 0.3) is 0 Å².